The van der Waals surface area contributed by atoms with Crippen molar-refractivity contribution >= 4 is 52.5 Å². The van der Waals surface area contributed by atoms with Crippen molar-refractivity contribution in [3.8, 4) is 5.69 Å². The number of hydrogen-bond acceptors (Lipinski definition) is 4. The fourth-order valence-electron chi connectivity index (χ4n) is 2.87. The summed E-state index contributed by atoms with van der Waals surface area (Å²) in [5.74, 6) is -0.0329. The topological polar surface area (TPSA) is 82.5 Å². The molecule has 2 N–H and O–H groups in total. The maximum atomic E-state index is 12.9. The average Bonchev–Trinajstić information content (AvgIpc) is 3.02. The summed E-state index contributed by atoms with van der Waals surface area (Å²) in [4.78, 5) is 25.7. The molecule has 0 bridgehead atoms. The minimum Gasteiger partial charge on any atom is -0.348 e. The second-order valence-electron chi connectivity index (χ2n) is 6.95. The van der Waals surface area contributed by atoms with Crippen molar-refractivity contribution in [2.45, 2.75) is 34.1 Å². The van der Waals surface area contributed by atoms with Crippen LogP contribution in [0.4, 0.5) is 0 Å². The van der Waals surface area contributed by atoms with Crippen molar-refractivity contribution in [2.75, 3.05) is 13.1 Å². The quantitative estimate of drug-likeness (QED) is 0.265. The van der Waals surface area contributed by atoms with E-state index in [-0.39, 0.29) is 11.5 Å². The maximum absolute atomic E-state index is 12.9. The minimum atomic E-state index is -0.257. The molecule has 0 saturated heterocycles. The molecule has 7 nitrogen and oxygen atoms in total. The van der Waals surface area contributed by atoms with Gasteiger partial charge in [0.1, 0.15) is 6.29 Å². The van der Waals surface area contributed by atoms with Crippen LogP contribution in [0.15, 0.2) is 28.1 Å². The van der Waals surface area contributed by atoms with Gasteiger partial charge in [-0.25, -0.2) is 4.68 Å². The Kier molecular flexibility index (Phi) is 8.64. The van der Waals surface area contributed by atoms with Gasteiger partial charge >= 0.3 is 0 Å². The molecule has 0 fully saturated rings. The summed E-state index contributed by atoms with van der Waals surface area (Å²) in [6.07, 6.45) is 1.63. The largest absolute Gasteiger partial charge is 0.348 e. The molecular weight excluding hydrogens is 445 g/mol. The number of carbonyl (C=O) groups is 1. The lowest BCUT2D eigenvalue weighted by molar-refractivity contribution is -0.110. The number of halogens is 2. The lowest BCUT2D eigenvalue weighted by Crippen LogP contribution is -2.39. The third-order valence-electron chi connectivity index (χ3n) is 4.67. The Labute approximate surface area is 191 Å². The Morgan fingerprint density at radius 2 is 2.10 bits per heavy atom. The molecule has 10 heteroatoms. The van der Waals surface area contributed by atoms with E-state index in [4.69, 9.17) is 35.4 Å². The minimum absolute atomic E-state index is 0.0329. The number of aromatic amines is 1. The molecular formula is C20H25Cl2N5O2S. The molecule has 1 atom stereocenters. The van der Waals surface area contributed by atoms with Gasteiger partial charge in [0.05, 0.1) is 27.0 Å². The van der Waals surface area contributed by atoms with Crippen molar-refractivity contribution in [3.05, 3.63) is 49.9 Å². The number of hydrogen-bond donors (Lipinski definition) is 2. The standard InChI is InChI=1S/C20H25Cl2N5O2S/c1-5-26(9-8-12(2)11-28)20(30)24-23-13(3)18-14(4)25-27(19(18)29)15-6-7-16(21)17(22)10-15/h6-7,10-12,25H,5,8-9H2,1-4H3,(H,24,30). The zero-order valence-corrected chi connectivity index (χ0v) is 19.7. The molecule has 1 heterocycles. The van der Waals surface area contributed by atoms with Gasteiger partial charge in [0.15, 0.2) is 5.11 Å². The number of aryl methyl sites for hydroxylation is 1. The molecule has 30 heavy (non-hydrogen) atoms. The van der Waals surface area contributed by atoms with E-state index in [1.807, 2.05) is 18.7 Å². The highest BCUT2D eigenvalue weighted by Crippen LogP contribution is 2.24. The smallest absolute Gasteiger partial charge is 0.280 e. The van der Waals surface area contributed by atoms with Gasteiger partial charge in [-0.15, -0.1) is 0 Å². The zero-order valence-electron chi connectivity index (χ0n) is 17.3. The van der Waals surface area contributed by atoms with Gasteiger partial charge in [0.2, 0.25) is 0 Å². The molecule has 0 aliphatic carbocycles. The van der Waals surface area contributed by atoms with Gasteiger partial charge in [0, 0.05) is 24.7 Å². The van der Waals surface area contributed by atoms with Gasteiger partial charge in [-0.2, -0.15) is 5.10 Å². The maximum Gasteiger partial charge on any atom is 0.280 e. The molecule has 0 saturated carbocycles. The first-order valence-corrected chi connectivity index (χ1v) is 10.7. The van der Waals surface area contributed by atoms with E-state index in [0.717, 1.165) is 6.29 Å². The highest BCUT2D eigenvalue weighted by Gasteiger charge is 2.16. The molecule has 0 amide bonds. The SMILES string of the molecule is CCN(CCC(C)C=O)C(=S)NN=C(C)c1c(C)[nH]n(-c2ccc(Cl)c(Cl)c2)c1=O. The van der Waals surface area contributed by atoms with Gasteiger partial charge in [-0.1, -0.05) is 30.1 Å². The third-order valence-corrected chi connectivity index (χ3v) is 5.76. The predicted octanol–water partition coefficient (Wildman–Crippen LogP) is 3.93. The van der Waals surface area contributed by atoms with Crippen LogP contribution in [0.2, 0.25) is 10.0 Å². The Morgan fingerprint density at radius 3 is 2.70 bits per heavy atom. The van der Waals surface area contributed by atoms with E-state index in [0.29, 0.717) is 57.3 Å². The molecule has 2 rings (SSSR count). The van der Waals surface area contributed by atoms with Crippen LogP contribution in [-0.4, -0.2) is 44.9 Å². The van der Waals surface area contributed by atoms with E-state index >= 15 is 0 Å². The van der Waals surface area contributed by atoms with E-state index in [2.05, 4.69) is 15.6 Å². The summed E-state index contributed by atoms with van der Waals surface area (Å²) < 4.78 is 1.39. The normalized spacial score (nSPS) is 12.5. The Hall–Kier alpha value is -2.16. The van der Waals surface area contributed by atoms with Crippen LogP contribution >= 0.6 is 35.4 Å². The van der Waals surface area contributed by atoms with Crippen LogP contribution in [0.1, 0.15) is 38.4 Å². The van der Waals surface area contributed by atoms with Crippen LogP contribution in [0.3, 0.4) is 0 Å². The molecule has 2 aromatic rings. The van der Waals surface area contributed by atoms with Crippen LogP contribution in [0, 0.1) is 12.8 Å². The highest BCUT2D eigenvalue weighted by atomic mass is 35.5. The first-order valence-electron chi connectivity index (χ1n) is 9.51. The van der Waals surface area contributed by atoms with Gasteiger partial charge < -0.3 is 9.69 Å². The number of thiocarbonyl (C=S) groups is 1. The number of carbonyl (C=O) groups excluding carboxylic acids is 1. The molecule has 1 unspecified atom stereocenters. The number of hydrazone groups is 1. The number of benzene rings is 1. The number of nitrogens with one attached hydrogen (secondary N) is 2. The Morgan fingerprint density at radius 1 is 1.40 bits per heavy atom. The molecule has 1 aromatic carbocycles. The monoisotopic (exact) mass is 469 g/mol. The number of nitrogens with zero attached hydrogens (tertiary/aromatic N) is 3. The zero-order chi connectivity index (χ0) is 22.4. The number of aromatic nitrogens is 2. The first kappa shape index (κ1) is 24.1. The molecule has 0 aliphatic rings. The average molecular weight is 470 g/mol. The Balaban J connectivity index is 2.21. The molecule has 0 aliphatic heterocycles. The number of aldehydes is 1. The second kappa shape index (κ2) is 10.7. The summed E-state index contributed by atoms with van der Waals surface area (Å²) in [6.45, 7) is 8.69. The van der Waals surface area contributed by atoms with Crippen molar-refractivity contribution in [1.82, 2.24) is 20.1 Å². The molecule has 1 aromatic heterocycles. The predicted molar refractivity (Wildman–Crippen MR) is 126 cm³/mol. The number of rotatable bonds is 8. The van der Waals surface area contributed by atoms with Crippen LogP contribution in [0.5, 0.6) is 0 Å². The van der Waals surface area contributed by atoms with Gasteiger partial charge in [0.25, 0.3) is 5.56 Å². The number of H-pyrrole nitrogens is 1. The molecule has 162 valence electrons. The fraction of sp³-hybridized carbons (Fsp3) is 0.400. The summed E-state index contributed by atoms with van der Waals surface area (Å²) in [6, 6.07) is 4.95. The summed E-state index contributed by atoms with van der Waals surface area (Å²) in [7, 11) is 0. The van der Waals surface area contributed by atoms with E-state index < -0.39 is 0 Å². The lowest BCUT2D eigenvalue weighted by atomic mass is 10.1. The molecule has 0 spiro atoms. The van der Waals surface area contributed by atoms with Crippen molar-refractivity contribution in [3.63, 3.8) is 0 Å². The summed E-state index contributed by atoms with van der Waals surface area (Å²) in [5.41, 5.74) is 4.75. The third kappa shape index (κ3) is 5.71. The summed E-state index contributed by atoms with van der Waals surface area (Å²) >= 11 is 17.4. The Bertz CT molecular complexity index is 1020. The fourth-order valence-corrected chi connectivity index (χ4v) is 3.43. The summed E-state index contributed by atoms with van der Waals surface area (Å²) in [5, 5.41) is 8.55. The highest BCUT2D eigenvalue weighted by molar-refractivity contribution is 7.80. The lowest BCUT2D eigenvalue weighted by Gasteiger charge is -2.23. The van der Waals surface area contributed by atoms with E-state index in [1.165, 1.54) is 4.68 Å². The second-order valence-corrected chi connectivity index (χ2v) is 8.15. The molecule has 0 radical (unpaired) electrons. The van der Waals surface area contributed by atoms with E-state index in [9.17, 15) is 9.59 Å². The van der Waals surface area contributed by atoms with E-state index in [1.54, 1.807) is 32.0 Å². The van der Waals surface area contributed by atoms with Gasteiger partial charge in [-0.3, -0.25) is 15.3 Å². The van der Waals surface area contributed by atoms with Crippen LogP contribution < -0.4 is 11.0 Å². The van der Waals surface area contributed by atoms with Crippen molar-refractivity contribution in [1.29, 1.82) is 0 Å². The van der Waals surface area contributed by atoms with Crippen molar-refractivity contribution < 1.29 is 4.79 Å². The first-order chi connectivity index (χ1) is 14.2. The van der Waals surface area contributed by atoms with Crippen LogP contribution in [-0.2, 0) is 4.79 Å². The van der Waals surface area contributed by atoms with Crippen molar-refractivity contribution in [2.24, 2.45) is 11.0 Å². The van der Waals surface area contributed by atoms with Gasteiger partial charge in [-0.05, 0) is 57.6 Å². The van der Waals surface area contributed by atoms with Crippen LogP contribution in [0.25, 0.3) is 5.69 Å².